The number of aromatic nitrogens is 5. The van der Waals surface area contributed by atoms with Gasteiger partial charge in [-0.25, -0.2) is 19.9 Å². The summed E-state index contributed by atoms with van der Waals surface area (Å²) < 4.78 is 5.51. The third-order valence-electron chi connectivity index (χ3n) is 6.00. The molecule has 1 amide bonds. The van der Waals surface area contributed by atoms with Crippen LogP contribution in [0.5, 0.6) is 5.75 Å². The van der Waals surface area contributed by atoms with Crippen molar-refractivity contribution in [2.24, 2.45) is 5.73 Å². The number of methoxy groups -OCH3 is 1. The van der Waals surface area contributed by atoms with Gasteiger partial charge in [0.2, 0.25) is 5.95 Å². The topological polar surface area (TPSA) is 140 Å². The number of fused-ring (bicyclic) bond motifs is 1. The van der Waals surface area contributed by atoms with Crippen LogP contribution in [-0.2, 0) is 0 Å². The van der Waals surface area contributed by atoms with Gasteiger partial charge in [0.15, 0.2) is 0 Å². The van der Waals surface area contributed by atoms with Crippen molar-refractivity contribution in [2.75, 3.05) is 25.1 Å². The van der Waals surface area contributed by atoms with Gasteiger partial charge in [0, 0.05) is 35.6 Å². The Bertz CT molecular complexity index is 1430. The third-order valence-corrected chi connectivity index (χ3v) is 6.97. The van der Waals surface area contributed by atoms with Gasteiger partial charge in [-0.15, -0.1) is 0 Å². The number of aryl methyl sites for hydroxylation is 2. The Kier molecular flexibility index (Phi) is 6.03. The minimum atomic E-state index is -0.614. The van der Waals surface area contributed by atoms with Gasteiger partial charge >= 0.3 is 0 Å². The lowest BCUT2D eigenvalue weighted by molar-refractivity contribution is 0.100. The number of rotatable bonds is 5. The summed E-state index contributed by atoms with van der Waals surface area (Å²) in [5, 5.41) is 10.3. The molecule has 0 bridgehead atoms. The number of primary amides is 1. The van der Waals surface area contributed by atoms with Crippen LogP contribution in [0.1, 0.15) is 34.6 Å². The molecule has 1 saturated heterocycles. The Morgan fingerprint density at radius 2 is 1.83 bits per heavy atom. The number of piperidine rings is 1. The van der Waals surface area contributed by atoms with Crippen molar-refractivity contribution < 1.29 is 14.6 Å². The number of aliphatic hydroxyl groups is 1. The van der Waals surface area contributed by atoms with Crippen molar-refractivity contribution >= 4 is 33.5 Å². The normalized spacial score (nSPS) is 14.5. The number of hydrogen-bond donors (Lipinski definition) is 2. The number of thiazole rings is 1. The number of nitrogens with zero attached hydrogens (tertiary/aromatic N) is 6. The summed E-state index contributed by atoms with van der Waals surface area (Å²) in [5.41, 5.74) is 9.95. The molecule has 180 valence electrons. The predicted molar refractivity (Wildman–Crippen MR) is 134 cm³/mol. The summed E-state index contributed by atoms with van der Waals surface area (Å²) in [5.74, 6) is 0.516. The fourth-order valence-corrected chi connectivity index (χ4v) is 5.16. The minimum Gasteiger partial charge on any atom is -0.494 e. The van der Waals surface area contributed by atoms with Crippen LogP contribution in [0.3, 0.4) is 0 Å². The number of aliphatic hydroxyl groups excluding tert-OH is 1. The highest BCUT2D eigenvalue weighted by Gasteiger charge is 2.25. The molecule has 4 aromatic heterocycles. The molecular formula is C24H25N7O3S. The van der Waals surface area contributed by atoms with E-state index in [1.54, 1.807) is 19.5 Å². The number of anilines is 1. The molecule has 0 aliphatic carbocycles. The van der Waals surface area contributed by atoms with Gasteiger partial charge in [0.1, 0.15) is 26.8 Å². The molecule has 1 aliphatic heterocycles. The number of nitrogens with two attached hydrogens (primary N) is 1. The molecule has 0 atom stereocenters. The Morgan fingerprint density at radius 3 is 2.54 bits per heavy atom. The molecule has 1 fully saturated rings. The molecule has 1 aliphatic rings. The number of hydrogen-bond acceptors (Lipinski definition) is 10. The fourth-order valence-electron chi connectivity index (χ4n) is 4.26. The van der Waals surface area contributed by atoms with Crippen LogP contribution >= 0.6 is 11.3 Å². The quantitative estimate of drug-likeness (QED) is 0.431. The zero-order valence-electron chi connectivity index (χ0n) is 19.6. The van der Waals surface area contributed by atoms with Gasteiger partial charge in [-0.1, -0.05) is 11.3 Å². The first-order chi connectivity index (χ1) is 16.8. The van der Waals surface area contributed by atoms with Crippen LogP contribution < -0.4 is 15.4 Å². The molecule has 0 unspecified atom stereocenters. The number of ether oxygens (including phenoxy) is 1. The summed E-state index contributed by atoms with van der Waals surface area (Å²) in [6.07, 6.45) is 4.40. The van der Waals surface area contributed by atoms with Crippen LogP contribution in [0.2, 0.25) is 0 Å². The van der Waals surface area contributed by atoms with Crippen molar-refractivity contribution in [1.29, 1.82) is 0 Å². The van der Waals surface area contributed by atoms with E-state index in [9.17, 15) is 9.90 Å². The number of carbonyl (C=O) groups excluding carboxylic acids is 1. The van der Waals surface area contributed by atoms with Gasteiger partial charge in [-0.05, 0) is 38.8 Å². The molecule has 0 spiro atoms. The van der Waals surface area contributed by atoms with Gasteiger partial charge in [0.25, 0.3) is 5.91 Å². The molecule has 35 heavy (non-hydrogen) atoms. The summed E-state index contributed by atoms with van der Waals surface area (Å²) >= 11 is 1.33. The molecule has 11 heteroatoms. The first-order valence-electron chi connectivity index (χ1n) is 11.2. The highest BCUT2D eigenvalue weighted by molar-refractivity contribution is 7.21. The Morgan fingerprint density at radius 1 is 1.09 bits per heavy atom. The van der Waals surface area contributed by atoms with Crippen LogP contribution in [0.25, 0.3) is 32.2 Å². The summed E-state index contributed by atoms with van der Waals surface area (Å²) in [4.78, 5) is 38.3. The van der Waals surface area contributed by atoms with Crippen LogP contribution in [0, 0.1) is 13.8 Å². The number of carbonyl (C=O) groups is 1. The van der Waals surface area contributed by atoms with Crippen LogP contribution in [0.15, 0.2) is 24.5 Å². The maximum Gasteiger partial charge on any atom is 0.251 e. The SMILES string of the molecule is COc1cnc(C)cc1-c1cc(C)nc(-c2nc3cnc(N4CCC(O)CC4)nc3s2)c1C(N)=O. The van der Waals surface area contributed by atoms with Gasteiger partial charge in [0.05, 0.1) is 31.2 Å². The Balaban J connectivity index is 1.64. The molecule has 10 nitrogen and oxygen atoms in total. The molecule has 0 radical (unpaired) electrons. The van der Waals surface area contributed by atoms with E-state index in [4.69, 9.17) is 15.5 Å². The van der Waals surface area contributed by atoms with E-state index in [0.717, 1.165) is 5.69 Å². The standard InChI is InChI=1S/C24H25N7O3S/c1-12-8-15(18(34-3)11-26-12)16-9-13(2)28-20(19(16)21(25)33)23-29-17-10-27-24(30-22(17)35-23)31-6-4-14(32)5-7-31/h8-11,14,32H,4-7H2,1-3H3,(H2,25,33). The van der Waals surface area contributed by atoms with Crippen molar-refractivity contribution in [2.45, 2.75) is 32.8 Å². The predicted octanol–water partition coefficient (Wildman–Crippen LogP) is 2.90. The van der Waals surface area contributed by atoms with Crippen molar-refractivity contribution in [3.8, 4) is 27.6 Å². The average Bonchev–Trinajstić information content (AvgIpc) is 3.27. The molecule has 0 saturated carbocycles. The average molecular weight is 492 g/mol. The van der Waals surface area contributed by atoms with E-state index in [2.05, 4.69) is 24.8 Å². The molecule has 4 aromatic rings. The summed E-state index contributed by atoms with van der Waals surface area (Å²) in [6, 6.07) is 3.67. The van der Waals surface area contributed by atoms with Gasteiger partial charge in [-0.3, -0.25) is 9.78 Å². The Hall–Kier alpha value is -3.70. The smallest absolute Gasteiger partial charge is 0.251 e. The lowest BCUT2D eigenvalue weighted by atomic mass is 9.97. The van der Waals surface area contributed by atoms with E-state index in [0.29, 0.717) is 75.5 Å². The molecular weight excluding hydrogens is 466 g/mol. The maximum absolute atomic E-state index is 12.7. The zero-order valence-corrected chi connectivity index (χ0v) is 20.5. The largest absolute Gasteiger partial charge is 0.494 e. The van der Waals surface area contributed by atoms with Gasteiger partial charge in [-0.2, -0.15) is 0 Å². The highest BCUT2D eigenvalue weighted by Crippen LogP contribution is 2.38. The second kappa shape index (κ2) is 9.16. The second-order valence-electron chi connectivity index (χ2n) is 8.52. The van der Waals surface area contributed by atoms with E-state index < -0.39 is 5.91 Å². The molecule has 5 heterocycles. The van der Waals surface area contributed by atoms with Crippen LogP contribution in [0.4, 0.5) is 5.95 Å². The monoisotopic (exact) mass is 491 g/mol. The van der Waals surface area contributed by atoms with E-state index in [1.807, 2.05) is 26.0 Å². The van der Waals surface area contributed by atoms with Crippen molar-refractivity contribution in [3.05, 3.63) is 41.5 Å². The Labute approximate surface area is 205 Å². The fraction of sp³-hybridized carbons (Fsp3) is 0.333. The maximum atomic E-state index is 12.7. The number of amides is 1. The van der Waals surface area contributed by atoms with E-state index in [1.165, 1.54) is 11.3 Å². The van der Waals surface area contributed by atoms with Gasteiger partial charge < -0.3 is 20.5 Å². The number of pyridine rings is 2. The van der Waals surface area contributed by atoms with Crippen LogP contribution in [-0.4, -0.2) is 62.2 Å². The van der Waals surface area contributed by atoms with Crippen molar-refractivity contribution in [1.82, 2.24) is 24.9 Å². The second-order valence-corrected chi connectivity index (χ2v) is 9.50. The minimum absolute atomic E-state index is 0.261. The first-order valence-corrected chi connectivity index (χ1v) is 12.0. The van der Waals surface area contributed by atoms with E-state index >= 15 is 0 Å². The molecule has 3 N–H and O–H groups in total. The molecule has 5 rings (SSSR count). The molecule has 0 aromatic carbocycles. The lowest BCUT2D eigenvalue weighted by Crippen LogP contribution is -2.36. The van der Waals surface area contributed by atoms with E-state index in [-0.39, 0.29) is 11.7 Å². The summed E-state index contributed by atoms with van der Waals surface area (Å²) in [6.45, 7) is 5.11. The zero-order chi connectivity index (χ0) is 24.7. The third kappa shape index (κ3) is 4.40. The highest BCUT2D eigenvalue weighted by atomic mass is 32.1. The lowest BCUT2D eigenvalue weighted by Gasteiger charge is -2.29. The van der Waals surface area contributed by atoms with Crippen molar-refractivity contribution in [3.63, 3.8) is 0 Å². The summed E-state index contributed by atoms with van der Waals surface area (Å²) in [7, 11) is 1.56. The first kappa shape index (κ1) is 23.1.